The van der Waals surface area contributed by atoms with Crippen LogP contribution >= 0.6 is 11.8 Å². The fourth-order valence-corrected chi connectivity index (χ4v) is 3.58. The second-order valence-electron chi connectivity index (χ2n) is 5.48. The molecule has 2 unspecified atom stereocenters. The zero-order chi connectivity index (χ0) is 15.2. The van der Waals surface area contributed by atoms with Gasteiger partial charge in [0, 0.05) is 11.3 Å². The van der Waals surface area contributed by atoms with Gasteiger partial charge in [0.05, 0.1) is 0 Å². The van der Waals surface area contributed by atoms with Crippen LogP contribution in [0.4, 0.5) is 0 Å². The molecule has 0 saturated carbocycles. The van der Waals surface area contributed by atoms with Gasteiger partial charge in [-0.05, 0) is 24.9 Å². The average molecular weight is 304 g/mol. The Morgan fingerprint density at radius 2 is 1.95 bits per heavy atom. The highest BCUT2D eigenvalue weighted by atomic mass is 32.2. The van der Waals surface area contributed by atoms with Crippen molar-refractivity contribution < 1.29 is 0 Å². The van der Waals surface area contributed by atoms with E-state index in [1.165, 1.54) is 5.56 Å². The summed E-state index contributed by atoms with van der Waals surface area (Å²) in [6.45, 7) is 9.53. The molecule has 0 radical (unpaired) electrons. The zero-order valence-corrected chi connectivity index (χ0v) is 13.9. The number of H-pyrrole nitrogens is 1. The summed E-state index contributed by atoms with van der Waals surface area (Å²) < 4.78 is 0. The first kappa shape index (κ1) is 16.0. The lowest BCUT2D eigenvalue weighted by Crippen LogP contribution is -2.33. The molecule has 0 aliphatic carbocycles. The Morgan fingerprint density at radius 3 is 2.48 bits per heavy atom. The van der Waals surface area contributed by atoms with Crippen molar-refractivity contribution in [3.8, 4) is 0 Å². The molecule has 0 spiro atoms. The molecule has 1 aromatic heterocycles. The van der Waals surface area contributed by atoms with E-state index in [0.717, 1.165) is 17.5 Å². The number of nitrogens with one attached hydrogen (secondary N) is 2. The van der Waals surface area contributed by atoms with Crippen LogP contribution in [0.2, 0.25) is 0 Å². The summed E-state index contributed by atoms with van der Waals surface area (Å²) in [6, 6.07) is 10.9. The maximum absolute atomic E-state index is 4.44. The van der Waals surface area contributed by atoms with E-state index in [1.54, 1.807) is 11.8 Å². The van der Waals surface area contributed by atoms with E-state index in [1.807, 2.05) is 6.92 Å². The summed E-state index contributed by atoms with van der Waals surface area (Å²) in [4.78, 5) is 4.44. The van der Waals surface area contributed by atoms with E-state index in [0.29, 0.717) is 17.2 Å². The third kappa shape index (κ3) is 4.32. The lowest BCUT2D eigenvalue weighted by atomic mass is 9.96. The van der Waals surface area contributed by atoms with Crippen molar-refractivity contribution in [3.05, 3.63) is 41.7 Å². The normalized spacial score (nSPS) is 14.3. The minimum absolute atomic E-state index is 0.292. The highest BCUT2D eigenvalue weighted by Crippen LogP contribution is 2.35. The van der Waals surface area contributed by atoms with Gasteiger partial charge in [-0.25, -0.2) is 4.98 Å². The largest absolute Gasteiger partial charge is 0.309 e. The Balaban J connectivity index is 2.24. The van der Waals surface area contributed by atoms with Crippen molar-refractivity contribution >= 4 is 11.8 Å². The first-order valence-corrected chi connectivity index (χ1v) is 8.33. The molecule has 0 bridgehead atoms. The van der Waals surface area contributed by atoms with Crippen molar-refractivity contribution in [2.45, 2.75) is 44.1 Å². The van der Waals surface area contributed by atoms with Crippen LogP contribution in [0, 0.1) is 12.8 Å². The number of rotatable bonds is 7. The van der Waals surface area contributed by atoms with Crippen LogP contribution in [0.3, 0.4) is 0 Å². The summed E-state index contributed by atoms with van der Waals surface area (Å²) >= 11 is 1.74. The predicted octanol–water partition coefficient (Wildman–Crippen LogP) is 3.58. The quantitative estimate of drug-likeness (QED) is 0.768. The fraction of sp³-hybridized carbons (Fsp3) is 0.500. The number of aromatic amines is 1. The number of nitrogens with zero attached hydrogens (tertiary/aromatic N) is 2. The number of thioether (sulfide) groups is 1. The van der Waals surface area contributed by atoms with Crippen LogP contribution in [0.5, 0.6) is 0 Å². The van der Waals surface area contributed by atoms with Gasteiger partial charge in [-0.1, -0.05) is 62.9 Å². The van der Waals surface area contributed by atoms with Crippen molar-refractivity contribution in [1.82, 2.24) is 20.5 Å². The van der Waals surface area contributed by atoms with Gasteiger partial charge in [0.1, 0.15) is 5.82 Å². The molecule has 2 rings (SSSR count). The summed E-state index contributed by atoms with van der Waals surface area (Å²) in [5.41, 5.74) is 1.32. The average Bonchev–Trinajstić information content (AvgIpc) is 2.89. The molecule has 0 aliphatic heterocycles. The second kappa shape index (κ2) is 7.61. The van der Waals surface area contributed by atoms with Gasteiger partial charge in [0.2, 0.25) is 5.16 Å². The minimum Gasteiger partial charge on any atom is -0.309 e. The predicted molar refractivity (Wildman–Crippen MR) is 88.5 cm³/mol. The number of aryl methyl sites for hydroxylation is 1. The summed E-state index contributed by atoms with van der Waals surface area (Å²) in [5, 5.41) is 12.0. The third-order valence-corrected chi connectivity index (χ3v) is 4.87. The van der Waals surface area contributed by atoms with Crippen molar-refractivity contribution in [2.75, 3.05) is 6.54 Å². The zero-order valence-electron chi connectivity index (χ0n) is 13.1. The van der Waals surface area contributed by atoms with Crippen molar-refractivity contribution in [3.63, 3.8) is 0 Å². The van der Waals surface area contributed by atoms with E-state index in [-0.39, 0.29) is 0 Å². The standard InChI is InChI=1S/C16H24N4S/c1-5-17-14(13-9-7-6-8-10-13)15(11(2)3)21-16-18-12(4)19-20-16/h6-11,14-15,17H,5H2,1-4H3,(H,18,19,20). The van der Waals surface area contributed by atoms with E-state index in [2.05, 4.69) is 71.6 Å². The van der Waals surface area contributed by atoms with Gasteiger partial charge in [0.25, 0.3) is 0 Å². The molecular formula is C16H24N4S. The van der Waals surface area contributed by atoms with Crippen LogP contribution in [0.25, 0.3) is 0 Å². The van der Waals surface area contributed by atoms with Gasteiger partial charge in [0.15, 0.2) is 0 Å². The Hall–Kier alpha value is -1.33. The lowest BCUT2D eigenvalue weighted by Gasteiger charge is -2.30. The SMILES string of the molecule is CCNC(c1ccccc1)C(Sc1n[nH]c(C)n1)C(C)C. The molecule has 5 heteroatoms. The molecule has 0 saturated heterocycles. The maximum Gasteiger partial charge on any atom is 0.208 e. The van der Waals surface area contributed by atoms with Crippen molar-refractivity contribution in [1.29, 1.82) is 0 Å². The summed E-state index contributed by atoms with van der Waals surface area (Å²) in [7, 11) is 0. The first-order chi connectivity index (χ1) is 10.1. The molecule has 114 valence electrons. The van der Waals surface area contributed by atoms with E-state index in [4.69, 9.17) is 0 Å². The van der Waals surface area contributed by atoms with Gasteiger partial charge in [-0.15, -0.1) is 5.10 Å². The van der Waals surface area contributed by atoms with E-state index < -0.39 is 0 Å². The minimum atomic E-state index is 0.292. The van der Waals surface area contributed by atoms with Gasteiger partial charge < -0.3 is 5.32 Å². The molecule has 0 aliphatic rings. The van der Waals surface area contributed by atoms with E-state index in [9.17, 15) is 0 Å². The van der Waals surface area contributed by atoms with Crippen LogP contribution in [-0.4, -0.2) is 27.0 Å². The molecule has 2 N–H and O–H groups in total. The Labute approximate surface area is 131 Å². The number of hydrogen-bond acceptors (Lipinski definition) is 4. The molecule has 0 amide bonds. The van der Waals surface area contributed by atoms with Crippen LogP contribution in [-0.2, 0) is 0 Å². The van der Waals surface area contributed by atoms with Crippen LogP contribution < -0.4 is 5.32 Å². The maximum atomic E-state index is 4.44. The van der Waals surface area contributed by atoms with Gasteiger partial charge in [-0.3, -0.25) is 5.10 Å². The number of benzene rings is 1. The molecule has 2 atom stereocenters. The van der Waals surface area contributed by atoms with Gasteiger partial charge in [-0.2, -0.15) is 0 Å². The molecule has 2 aromatic rings. The molecular weight excluding hydrogens is 280 g/mol. The van der Waals surface area contributed by atoms with Crippen LogP contribution in [0.15, 0.2) is 35.5 Å². The fourth-order valence-electron chi connectivity index (χ4n) is 2.39. The first-order valence-electron chi connectivity index (χ1n) is 7.45. The summed E-state index contributed by atoms with van der Waals surface area (Å²) in [5.74, 6) is 1.37. The highest BCUT2D eigenvalue weighted by Gasteiger charge is 2.27. The Bertz CT molecular complexity index is 538. The highest BCUT2D eigenvalue weighted by molar-refractivity contribution is 7.99. The molecule has 4 nitrogen and oxygen atoms in total. The van der Waals surface area contributed by atoms with Crippen LogP contribution in [0.1, 0.15) is 38.2 Å². The summed E-state index contributed by atoms with van der Waals surface area (Å²) in [6.07, 6.45) is 0. The van der Waals surface area contributed by atoms with Gasteiger partial charge >= 0.3 is 0 Å². The Kier molecular flexibility index (Phi) is 5.82. The molecule has 0 fully saturated rings. The monoisotopic (exact) mass is 304 g/mol. The molecule has 1 aromatic carbocycles. The number of aromatic nitrogens is 3. The topological polar surface area (TPSA) is 53.6 Å². The molecule has 21 heavy (non-hydrogen) atoms. The Morgan fingerprint density at radius 1 is 1.24 bits per heavy atom. The third-order valence-electron chi connectivity index (χ3n) is 3.39. The smallest absolute Gasteiger partial charge is 0.208 e. The lowest BCUT2D eigenvalue weighted by molar-refractivity contribution is 0.452. The van der Waals surface area contributed by atoms with E-state index >= 15 is 0 Å². The van der Waals surface area contributed by atoms with Crippen molar-refractivity contribution in [2.24, 2.45) is 5.92 Å². The number of hydrogen-bond donors (Lipinski definition) is 2. The second-order valence-corrected chi connectivity index (χ2v) is 6.62. The molecule has 1 heterocycles.